The summed E-state index contributed by atoms with van der Waals surface area (Å²) in [5, 5.41) is 10.5. The van der Waals surface area contributed by atoms with Gasteiger partial charge in [0, 0.05) is 13.0 Å². The number of unbranched alkanes of at least 4 members (excludes halogenated alkanes) is 3. The summed E-state index contributed by atoms with van der Waals surface area (Å²) in [5.41, 5.74) is 0. The van der Waals surface area contributed by atoms with Crippen molar-refractivity contribution in [3.05, 3.63) is 0 Å². The molecule has 0 aromatic carbocycles. The number of hydrogen-bond acceptors (Lipinski definition) is 1. The number of amides is 1. The SMILES string of the molecule is C#CCCCCCNC(=O)O. The van der Waals surface area contributed by atoms with Crippen molar-refractivity contribution in [2.24, 2.45) is 0 Å². The Hall–Kier alpha value is -1.17. The maximum atomic E-state index is 9.94. The van der Waals surface area contributed by atoms with Gasteiger partial charge >= 0.3 is 6.09 Å². The first-order valence-electron chi connectivity index (χ1n) is 3.67. The second-order valence-electron chi connectivity index (χ2n) is 2.25. The molecule has 62 valence electrons. The Labute approximate surface area is 66.8 Å². The third kappa shape index (κ3) is 8.83. The standard InChI is InChI=1S/C8H13NO2/c1-2-3-4-5-6-7-9-8(10)11/h1,9H,3-7H2,(H,10,11). The van der Waals surface area contributed by atoms with Crippen molar-refractivity contribution >= 4 is 6.09 Å². The van der Waals surface area contributed by atoms with Gasteiger partial charge in [-0.25, -0.2) is 4.79 Å². The van der Waals surface area contributed by atoms with E-state index in [1.165, 1.54) is 0 Å². The molecular formula is C8H13NO2. The van der Waals surface area contributed by atoms with Gasteiger partial charge in [-0.3, -0.25) is 0 Å². The van der Waals surface area contributed by atoms with Crippen LogP contribution in [0, 0.1) is 12.3 Å². The second-order valence-corrected chi connectivity index (χ2v) is 2.25. The molecule has 3 nitrogen and oxygen atoms in total. The van der Waals surface area contributed by atoms with Gasteiger partial charge in [-0.15, -0.1) is 12.3 Å². The minimum Gasteiger partial charge on any atom is -0.465 e. The molecule has 1 amide bonds. The topological polar surface area (TPSA) is 49.3 Å². The Morgan fingerprint density at radius 1 is 1.45 bits per heavy atom. The molecule has 0 atom stereocenters. The lowest BCUT2D eigenvalue weighted by atomic mass is 10.2. The molecule has 0 saturated heterocycles. The number of rotatable bonds is 5. The van der Waals surface area contributed by atoms with Crippen molar-refractivity contribution in [1.82, 2.24) is 5.32 Å². The van der Waals surface area contributed by atoms with Gasteiger partial charge in [-0.1, -0.05) is 6.42 Å². The van der Waals surface area contributed by atoms with Crippen molar-refractivity contribution in [1.29, 1.82) is 0 Å². The van der Waals surface area contributed by atoms with Crippen molar-refractivity contribution in [2.45, 2.75) is 25.7 Å². The third-order valence-electron chi connectivity index (χ3n) is 1.27. The first-order chi connectivity index (χ1) is 5.27. The first-order valence-corrected chi connectivity index (χ1v) is 3.67. The van der Waals surface area contributed by atoms with Crippen molar-refractivity contribution < 1.29 is 9.90 Å². The quantitative estimate of drug-likeness (QED) is 0.466. The summed E-state index contributed by atoms with van der Waals surface area (Å²) in [4.78, 5) is 9.94. The largest absolute Gasteiger partial charge is 0.465 e. The highest BCUT2D eigenvalue weighted by molar-refractivity contribution is 5.64. The number of carboxylic acid groups (broad SMARTS) is 1. The molecule has 0 fully saturated rings. The van der Waals surface area contributed by atoms with E-state index >= 15 is 0 Å². The van der Waals surface area contributed by atoms with E-state index in [0.717, 1.165) is 25.7 Å². The molecule has 0 spiro atoms. The van der Waals surface area contributed by atoms with E-state index in [9.17, 15) is 4.79 Å². The van der Waals surface area contributed by atoms with Crippen LogP contribution in [-0.4, -0.2) is 17.7 Å². The zero-order chi connectivity index (χ0) is 8.53. The van der Waals surface area contributed by atoms with Crippen LogP contribution < -0.4 is 5.32 Å². The van der Waals surface area contributed by atoms with Crippen LogP contribution in [0.15, 0.2) is 0 Å². The summed E-state index contributed by atoms with van der Waals surface area (Å²) >= 11 is 0. The van der Waals surface area contributed by atoms with Gasteiger partial charge in [0.25, 0.3) is 0 Å². The van der Waals surface area contributed by atoms with Gasteiger partial charge in [0.2, 0.25) is 0 Å². The predicted octanol–water partition coefficient (Wildman–Crippen LogP) is 1.45. The Bertz CT molecular complexity index is 149. The van der Waals surface area contributed by atoms with Gasteiger partial charge < -0.3 is 10.4 Å². The molecule has 0 radical (unpaired) electrons. The number of nitrogens with one attached hydrogen (secondary N) is 1. The van der Waals surface area contributed by atoms with Crippen LogP contribution in [0.3, 0.4) is 0 Å². The van der Waals surface area contributed by atoms with Crippen LogP contribution in [0.5, 0.6) is 0 Å². The fraction of sp³-hybridized carbons (Fsp3) is 0.625. The maximum Gasteiger partial charge on any atom is 0.404 e. The fourth-order valence-corrected chi connectivity index (χ4v) is 0.724. The van der Waals surface area contributed by atoms with Crippen LogP contribution in [-0.2, 0) is 0 Å². The zero-order valence-electron chi connectivity index (χ0n) is 6.47. The minimum absolute atomic E-state index is 0.528. The molecule has 0 aromatic heterocycles. The van der Waals surface area contributed by atoms with E-state index in [4.69, 9.17) is 11.5 Å². The van der Waals surface area contributed by atoms with E-state index in [-0.39, 0.29) is 0 Å². The molecule has 3 heteroatoms. The lowest BCUT2D eigenvalue weighted by molar-refractivity contribution is 0.194. The summed E-state index contributed by atoms with van der Waals surface area (Å²) in [5.74, 6) is 2.53. The maximum absolute atomic E-state index is 9.94. The molecule has 0 heterocycles. The molecule has 0 saturated carbocycles. The van der Waals surface area contributed by atoms with Gasteiger partial charge in [0.15, 0.2) is 0 Å². The Morgan fingerprint density at radius 2 is 2.18 bits per heavy atom. The fourth-order valence-electron chi connectivity index (χ4n) is 0.724. The predicted molar refractivity (Wildman–Crippen MR) is 43.3 cm³/mol. The smallest absolute Gasteiger partial charge is 0.404 e. The monoisotopic (exact) mass is 155 g/mol. The van der Waals surface area contributed by atoms with Crippen LogP contribution in [0.25, 0.3) is 0 Å². The van der Waals surface area contributed by atoms with E-state index < -0.39 is 6.09 Å². The molecule has 2 N–H and O–H groups in total. The Kier molecular flexibility index (Phi) is 6.20. The second kappa shape index (κ2) is 6.94. The van der Waals surface area contributed by atoms with Gasteiger partial charge in [0.1, 0.15) is 0 Å². The Morgan fingerprint density at radius 3 is 2.73 bits per heavy atom. The zero-order valence-corrected chi connectivity index (χ0v) is 6.47. The van der Waals surface area contributed by atoms with Crippen LogP contribution >= 0.6 is 0 Å². The number of hydrogen-bond donors (Lipinski definition) is 2. The highest BCUT2D eigenvalue weighted by Gasteiger charge is 1.91. The van der Waals surface area contributed by atoms with Crippen molar-refractivity contribution in [2.75, 3.05) is 6.54 Å². The molecule has 0 aliphatic heterocycles. The molecule has 0 aliphatic rings. The van der Waals surface area contributed by atoms with E-state index in [0.29, 0.717) is 6.54 Å². The molecule has 0 aliphatic carbocycles. The highest BCUT2D eigenvalue weighted by atomic mass is 16.4. The summed E-state index contributed by atoms with van der Waals surface area (Å²) in [6, 6.07) is 0. The average Bonchev–Trinajstić information content (AvgIpc) is 1.96. The Balaban J connectivity index is 2.92. The average molecular weight is 155 g/mol. The molecule has 0 aromatic rings. The molecular weight excluding hydrogens is 142 g/mol. The first kappa shape index (κ1) is 9.83. The van der Waals surface area contributed by atoms with Crippen LogP contribution in [0.1, 0.15) is 25.7 Å². The lowest BCUT2D eigenvalue weighted by Gasteiger charge is -1.98. The number of carbonyl (C=O) groups is 1. The molecule has 0 rings (SSSR count). The molecule has 11 heavy (non-hydrogen) atoms. The van der Waals surface area contributed by atoms with Crippen molar-refractivity contribution in [3.8, 4) is 12.3 Å². The summed E-state index contributed by atoms with van der Waals surface area (Å²) in [6.07, 6.45) is 7.70. The van der Waals surface area contributed by atoms with E-state index in [1.807, 2.05) is 0 Å². The van der Waals surface area contributed by atoms with E-state index in [1.54, 1.807) is 0 Å². The third-order valence-corrected chi connectivity index (χ3v) is 1.27. The highest BCUT2D eigenvalue weighted by Crippen LogP contribution is 1.96. The van der Waals surface area contributed by atoms with Gasteiger partial charge in [-0.2, -0.15) is 0 Å². The summed E-state index contributed by atoms with van der Waals surface area (Å²) in [7, 11) is 0. The number of terminal acetylenes is 1. The molecule has 0 bridgehead atoms. The lowest BCUT2D eigenvalue weighted by Crippen LogP contribution is -2.21. The van der Waals surface area contributed by atoms with Crippen molar-refractivity contribution in [3.63, 3.8) is 0 Å². The van der Waals surface area contributed by atoms with Crippen LogP contribution in [0.4, 0.5) is 4.79 Å². The summed E-state index contributed by atoms with van der Waals surface area (Å²) in [6.45, 7) is 0.528. The normalized spacial score (nSPS) is 8.64. The van der Waals surface area contributed by atoms with E-state index in [2.05, 4.69) is 11.2 Å². The molecule has 0 unspecified atom stereocenters. The van der Waals surface area contributed by atoms with Gasteiger partial charge in [-0.05, 0) is 12.8 Å². The van der Waals surface area contributed by atoms with Gasteiger partial charge in [0.05, 0.1) is 0 Å². The van der Waals surface area contributed by atoms with Crippen LogP contribution in [0.2, 0.25) is 0 Å². The minimum atomic E-state index is -0.957. The summed E-state index contributed by atoms with van der Waals surface area (Å²) < 4.78 is 0.